The van der Waals surface area contributed by atoms with E-state index in [9.17, 15) is 9.13 Å². The number of hydrogen-bond acceptors (Lipinski definition) is 2. The van der Waals surface area contributed by atoms with Gasteiger partial charge in [-0.1, -0.05) is 426 Å². The fourth-order valence-corrected chi connectivity index (χ4v) is 30.3. The molecule has 12 aliphatic rings. The second-order valence-corrected chi connectivity index (χ2v) is 46.9. The monoisotopic (exact) mass is 1670 g/mol. The molecule has 2 nitrogen and oxygen atoms in total. The van der Waals surface area contributed by atoms with Gasteiger partial charge in [0.1, 0.15) is 14.3 Å². The number of rotatable bonds is 11. The predicted molar refractivity (Wildman–Crippen MR) is 542 cm³/mol. The van der Waals surface area contributed by atoms with Crippen molar-refractivity contribution >= 4 is 70.8 Å². The molecule has 658 valence electrons. The van der Waals surface area contributed by atoms with E-state index in [1.54, 1.807) is 64.2 Å². The molecule has 12 fully saturated rings. The Hall–Kier alpha value is -5.65. The van der Waals surface area contributed by atoms with Gasteiger partial charge in [-0.15, -0.1) is 0 Å². The van der Waals surface area contributed by atoms with E-state index in [1.807, 2.05) is 74.0 Å². The van der Waals surface area contributed by atoms with Crippen molar-refractivity contribution in [2.24, 2.45) is 82.9 Å². The van der Waals surface area contributed by atoms with Gasteiger partial charge in [-0.25, -0.2) is 0 Å². The van der Waals surface area contributed by atoms with Crippen molar-refractivity contribution in [3.63, 3.8) is 0 Å². The Labute approximate surface area is 745 Å². The average Bonchev–Trinajstić information content (AvgIpc) is 0.964. The first-order chi connectivity index (χ1) is 57.9. The van der Waals surface area contributed by atoms with Crippen LogP contribution in [0.5, 0.6) is 0 Å². The maximum absolute atomic E-state index is 13.7. The summed E-state index contributed by atoms with van der Waals surface area (Å²) in [5.41, 5.74) is 21.1. The first-order valence-corrected chi connectivity index (χ1v) is 53.9. The van der Waals surface area contributed by atoms with Crippen LogP contribution < -0.4 is 43.1 Å². The number of hydrogen-bond donors (Lipinski definition) is 0. The van der Waals surface area contributed by atoms with Crippen LogP contribution in [-0.4, -0.2) is 26.8 Å². The lowest BCUT2D eigenvalue weighted by atomic mass is 9.39. The van der Waals surface area contributed by atoms with Crippen LogP contribution in [0.25, 0.3) is 0 Å². The average molecular weight is 1670 g/mol. The van der Waals surface area contributed by atoms with Gasteiger partial charge in [-0.05, 0) is 266 Å². The highest BCUT2D eigenvalue weighted by molar-refractivity contribution is 7.78. The van der Waals surface area contributed by atoms with Crippen LogP contribution in [0.1, 0.15) is 307 Å². The molecule has 0 N–H and O–H groups in total. The van der Waals surface area contributed by atoms with Crippen LogP contribution >= 0.6 is 14.3 Å². The van der Waals surface area contributed by atoms with Gasteiger partial charge in [-0.3, -0.25) is 0 Å². The third-order valence-corrected chi connectivity index (χ3v) is 36.7. The molecule has 8 aromatic rings. The zero-order chi connectivity index (χ0) is 87.5. The van der Waals surface area contributed by atoms with Gasteiger partial charge in [0.05, 0.1) is 0 Å². The smallest absolute Gasteiger partial charge is 0.207 e. The zero-order valence-corrected chi connectivity index (χ0v) is 82.8. The molecule has 0 radical (unpaired) electrons. The molecule has 0 atom stereocenters. The Morgan fingerprint density at radius 1 is 0.298 bits per heavy atom. The van der Waals surface area contributed by atoms with E-state index in [1.165, 1.54) is 201 Å². The van der Waals surface area contributed by atoms with E-state index in [4.69, 9.17) is 0 Å². The molecule has 8 bridgehead atoms. The Kier molecular flexibility index (Phi) is 40.1. The van der Waals surface area contributed by atoms with E-state index in [2.05, 4.69) is 247 Å². The van der Waals surface area contributed by atoms with Gasteiger partial charge in [0, 0.05) is 21.2 Å². The van der Waals surface area contributed by atoms with Crippen molar-refractivity contribution in [1.29, 1.82) is 0 Å². The Bertz CT molecular complexity index is 4110. The first-order valence-electron chi connectivity index (χ1n) is 49.6. The highest BCUT2D eigenvalue weighted by Crippen LogP contribution is 2.58. The molecule has 121 heavy (non-hydrogen) atoms. The van der Waals surface area contributed by atoms with Gasteiger partial charge in [0.25, 0.3) is 0 Å². The van der Waals surface area contributed by atoms with Crippen molar-refractivity contribution < 1.29 is 9.13 Å². The van der Waals surface area contributed by atoms with Crippen LogP contribution in [-0.2, 0) is 9.13 Å². The van der Waals surface area contributed by atoms with Gasteiger partial charge < -0.3 is 9.13 Å². The highest BCUT2D eigenvalue weighted by atomic mass is 31.2. The SMILES string of the molecule is CB(c1c(C)cc(C)cc1C)c1c(C)cc(C)cc1C.CB(c1ccccc1)c1ccccc1.CC1C2CC3CC(C2)CC1C3.CC1CCCC1.CC1CCCCC1.CCC1C2CC3CC(C2)CC1C3.CCC1CCCC1.CCC1CCCCC1.CP(=O)(c1ccccc1)c1ccccc1.Cc1cc(C)c(P(C)(=O)c2c(C)cc(C)cc2C)c(C)c1. The summed E-state index contributed by atoms with van der Waals surface area (Å²) >= 11 is 0. The van der Waals surface area contributed by atoms with Crippen molar-refractivity contribution in [2.75, 3.05) is 13.3 Å². The molecule has 0 aromatic heterocycles. The molecular formula is C115H170B2O2P2. The lowest BCUT2D eigenvalue weighted by Gasteiger charge is -2.54. The van der Waals surface area contributed by atoms with Crippen molar-refractivity contribution in [3.05, 3.63) is 237 Å². The maximum atomic E-state index is 13.7. The van der Waals surface area contributed by atoms with Gasteiger partial charge in [-0.2, -0.15) is 0 Å². The first kappa shape index (κ1) is 99.1. The van der Waals surface area contributed by atoms with Crippen molar-refractivity contribution in [3.8, 4) is 0 Å². The largest absolute Gasteiger partial charge is 0.314 e. The fourth-order valence-electron chi connectivity index (χ4n) is 25.3. The van der Waals surface area contributed by atoms with Crippen LogP contribution in [0.2, 0.25) is 13.6 Å². The van der Waals surface area contributed by atoms with Gasteiger partial charge in [0.15, 0.2) is 0 Å². The molecule has 0 spiro atoms. The van der Waals surface area contributed by atoms with Crippen LogP contribution in [0, 0.1) is 166 Å². The Morgan fingerprint density at radius 3 is 0.810 bits per heavy atom. The van der Waals surface area contributed by atoms with Crippen LogP contribution in [0.3, 0.4) is 0 Å². The molecular weight excluding hydrogens is 1500 g/mol. The zero-order valence-electron chi connectivity index (χ0n) is 81.0. The second kappa shape index (κ2) is 48.9. The Balaban J connectivity index is 0.000000156. The second-order valence-electron chi connectivity index (χ2n) is 41.3. The summed E-state index contributed by atoms with van der Waals surface area (Å²) in [6.07, 6.45) is 47.2. The lowest BCUT2D eigenvalue weighted by molar-refractivity contribution is -0.0376. The molecule has 0 heterocycles. The summed E-state index contributed by atoms with van der Waals surface area (Å²) in [7, 11) is -4.98. The van der Waals surface area contributed by atoms with E-state index in [0.29, 0.717) is 13.4 Å². The molecule has 12 aliphatic carbocycles. The minimum Gasteiger partial charge on any atom is -0.314 e. The molecule has 8 aromatic carbocycles. The third-order valence-electron chi connectivity index (χ3n) is 31.0. The Morgan fingerprint density at radius 2 is 0.554 bits per heavy atom. The molecule has 0 saturated heterocycles. The summed E-state index contributed by atoms with van der Waals surface area (Å²) in [5, 5.41) is 3.89. The normalized spacial score (nSPS) is 23.1. The van der Waals surface area contributed by atoms with Crippen molar-refractivity contribution in [2.45, 2.75) is 337 Å². The minimum atomic E-state index is -2.59. The highest BCUT2D eigenvalue weighted by Gasteiger charge is 2.48. The standard InChI is InChI=1S/C19H25B.C19H25OP.C13H13B.C13H13OP.C12H20.C11H18.C8H16.2C7H14.C6H12/c1-12-8-14(3)18(15(4)9-12)20(7)19-16(5)10-13(2)11-17(19)6;1-12-8-14(3)18(15(4)9-12)21(7,20)19-16(5)10-13(2)11-17(19)6;1-14(12-8-4-2-5-9-12)13-10-6-3-7-11-13;1-15(14,12-8-4-2-5-9-12)13-10-6-3-7-11-13;1-2-12-10-4-8-3-9(6-10)7-11(12)5-8;1-7-10-3-8-2-9(5-10)6-11(7)4-8;1-2-8-6-4-3-5-7-8;1-7-5-3-2-4-6-7;1-2-7-5-3-4-6-7;1-6-4-2-3-5-6/h8-11H,1-7H3;8-11H,1-7H3;2-11H,1H3;2-11H,1H3;8-12H,2-7H2,1H3;7-11H,2-6H2,1H3;8H,2-7H2,1H3;2*7H,2-6H2,1H3;6H,2-5H2,1H3. The summed E-state index contributed by atoms with van der Waals surface area (Å²) in [5.74, 6) is 15.7. The molecule has 12 saturated carbocycles. The summed E-state index contributed by atoms with van der Waals surface area (Å²) < 4.78 is 26.3. The molecule has 20 rings (SSSR count). The lowest BCUT2D eigenvalue weighted by Crippen LogP contribution is -2.45. The summed E-state index contributed by atoms with van der Waals surface area (Å²) in [6.45, 7) is 49.3. The van der Waals surface area contributed by atoms with Crippen molar-refractivity contribution in [1.82, 2.24) is 0 Å². The van der Waals surface area contributed by atoms with Gasteiger partial charge >= 0.3 is 0 Å². The summed E-state index contributed by atoms with van der Waals surface area (Å²) in [6, 6.07) is 58.2. The summed E-state index contributed by atoms with van der Waals surface area (Å²) in [4.78, 5) is 0. The van der Waals surface area contributed by atoms with Gasteiger partial charge in [0.2, 0.25) is 13.4 Å². The number of benzene rings is 8. The third kappa shape index (κ3) is 29.2. The molecule has 6 heteroatoms. The van der Waals surface area contributed by atoms with Crippen LogP contribution in [0.15, 0.2) is 170 Å². The minimum absolute atomic E-state index is 0.455. The topological polar surface area (TPSA) is 34.1 Å². The molecule has 0 amide bonds. The van der Waals surface area contributed by atoms with Crippen LogP contribution in [0.4, 0.5) is 0 Å². The fraction of sp³-hybridized carbons (Fsp3) is 0.583. The number of aryl methyl sites for hydroxylation is 12. The van der Waals surface area contributed by atoms with E-state index < -0.39 is 14.3 Å². The van der Waals surface area contributed by atoms with E-state index in [-0.39, 0.29) is 0 Å². The quantitative estimate of drug-likeness (QED) is 0.0955. The maximum Gasteiger partial charge on any atom is 0.207 e. The predicted octanol–water partition coefficient (Wildman–Crippen LogP) is 29.7. The van der Waals surface area contributed by atoms with E-state index in [0.717, 1.165) is 126 Å². The van der Waals surface area contributed by atoms with E-state index >= 15 is 0 Å². The molecule has 0 aliphatic heterocycles. The molecule has 0 unspecified atom stereocenters.